The summed E-state index contributed by atoms with van der Waals surface area (Å²) in [5.74, 6) is 0. The van der Waals surface area contributed by atoms with Gasteiger partial charge in [0.05, 0.1) is 23.9 Å². The van der Waals surface area contributed by atoms with Crippen molar-refractivity contribution in [3.05, 3.63) is 18.0 Å². The molecule has 1 aliphatic carbocycles. The van der Waals surface area contributed by atoms with Gasteiger partial charge in [0.15, 0.2) is 0 Å². The molecule has 0 amide bonds. The first-order chi connectivity index (χ1) is 9.23. The minimum absolute atomic E-state index is 0.183. The molecule has 0 bridgehead atoms. The number of nitrogens with two attached hydrogens (primary N) is 1. The van der Waals surface area contributed by atoms with Gasteiger partial charge < -0.3 is 10.5 Å². The van der Waals surface area contributed by atoms with Crippen molar-refractivity contribution in [3.8, 4) is 0 Å². The van der Waals surface area contributed by atoms with Gasteiger partial charge in [0.25, 0.3) is 0 Å². The van der Waals surface area contributed by atoms with E-state index in [-0.39, 0.29) is 5.60 Å². The average molecular weight is 265 g/mol. The Kier molecular flexibility index (Phi) is 4.99. The monoisotopic (exact) mass is 265 g/mol. The summed E-state index contributed by atoms with van der Waals surface area (Å²) in [5, 5.41) is 4.65. The molecule has 108 valence electrons. The van der Waals surface area contributed by atoms with Gasteiger partial charge in [-0.2, -0.15) is 5.10 Å². The summed E-state index contributed by atoms with van der Waals surface area (Å²) in [6, 6.07) is 2.68. The van der Waals surface area contributed by atoms with Gasteiger partial charge in [-0.1, -0.05) is 26.7 Å². The molecule has 1 aromatic rings. The van der Waals surface area contributed by atoms with Crippen molar-refractivity contribution in [2.45, 2.75) is 70.6 Å². The van der Waals surface area contributed by atoms with Crippen LogP contribution in [0.5, 0.6) is 0 Å². The Morgan fingerprint density at radius 1 is 1.37 bits per heavy atom. The van der Waals surface area contributed by atoms with Gasteiger partial charge in [-0.05, 0) is 31.7 Å². The van der Waals surface area contributed by atoms with E-state index >= 15 is 0 Å². The normalized spacial score (nSPS) is 17.2. The van der Waals surface area contributed by atoms with Crippen molar-refractivity contribution in [2.75, 3.05) is 6.54 Å². The molecule has 1 heterocycles. The van der Waals surface area contributed by atoms with Crippen molar-refractivity contribution in [2.24, 2.45) is 5.73 Å². The molecular formula is C15H27N3O. The molecule has 0 radical (unpaired) electrons. The maximum Gasteiger partial charge on any atom is 0.0914 e. The van der Waals surface area contributed by atoms with Gasteiger partial charge in [0, 0.05) is 12.7 Å². The van der Waals surface area contributed by atoms with Gasteiger partial charge in [-0.15, -0.1) is 0 Å². The van der Waals surface area contributed by atoms with Crippen LogP contribution < -0.4 is 5.73 Å². The Labute approximate surface area is 116 Å². The number of hydrogen-bond acceptors (Lipinski definition) is 3. The first kappa shape index (κ1) is 14.5. The predicted molar refractivity (Wildman–Crippen MR) is 76.9 cm³/mol. The van der Waals surface area contributed by atoms with E-state index in [1.807, 2.05) is 0 Å². The zero-order chi connectivity index (χ0) is 13.7. The van der Waals surface area contributed by atoms with Crippen LogP contribution in [0.3, 0.4) is 0 Å². The molecule has 0 spiro atoms. The quantitative estimate of drug-likeness (QED) is 0.824. The molecule has 1 saturated carbocycles. The van der Waals surface area contributed by atoms with Gasteiger partial charge in [-0.25, -0.2) is 0 Å². The highest BCUT2D eigenvalue weighted by Gasteiger charge is 2.25. The van der Waals surface area contributed by atoms with Gasteiger partial charge in [0.2, 0.25) is 0 Å². The highest BCUT2D eigenvalue weighted by atomic mass is 16.5. The molecule has 0 unspecified atom stereocenters. The van der Waals surface area contributed by atoms with Crippen molar-refractivity contribution >= 4 is 0 Å². The van der Waals surface area contributed by atoms with Crippen molar-refractivity contribution in [3.63, 3.8) is 0 Å². The SMILES string of the molecule is CCC(CC)(CN)OCc1ccn(C2CCCC2)n1. The molecular weight excluding hydrogens is 238 g/mol. The molecule has 4 nitrogen and oxygen atoms in total. The predicted octanol–water partition coefficient (Wildman–Crippen LogP) is 3.03. The third-order valence-corrected chi connectivity index (χ3v) is 4.55. The average Bonchev–Trinajstić information content (AvgIpc) is 3.12. The molecule has 0 aliphatic heterocycles. The van der Waals surface area contributed by atoms with Crippen LogP contribution in [0.25, 0.3) is 0 Å². The van der Waals surface area contributed by atoms with Crippen LogP contribution in [0.1, 0.15) is 64.1 Å². The molecule has 1 aromatic heterocycles. The maximum absolute atomic E-state index is 6.04. The van der Waals surface area contributed by atoms with E-state index in [1.165, 1.54) is 25.7 Å². The third-order valence-electron chi connectivity index (χ3n) is 4.55. The second-order valence-corrected chi connectivity index (χ2v) is 5.61. The molecule has 4 heteroatoms. The Hall–Kier alpha value is -0.870. The van der Waals surface area contributed by atoms with E-state index in [0.29, 0.717) is 19.2 Å². The van der Waals surface area contributed by atoms with Crippen LogP contribution >= 0.6 is 0 Å². The second kappa shape index (κ2) is 6.53. The topological polar surface area (TPSA) is 53.1 Å². The molecule has 19 heavy (non-hydrogen) atoms. The number of nitrogens with zero attached hydrogens (tertiary/aromatic N) is 2. The maximum atomic E-state index is 6.04. The van der Waals surface area contributed by atoms with Crippen molar-refractivity contribution < 1.29 is 4.74 Å². The van der Waals surface area contributed by atoms with Crippen molar-refractivity contribution in [1.82, 2.24) is 9.78 Å². The number of rotatable bonds is 7. The van der Waals surface area contributed by atoms with Crippen LogP contribution in [0.2, 0.25) is 0 Å². The van der Waals surface area contributed by atoms with Gasteiger partial charge in [0.1, 0.15) is 0 Å². The molecule has 0 saturated heterocycles. The van der Waals surface area contributed by atoms with Crippen LogP contribution in [0.15, 0.2) is 12.3 Å². The molecule has 0 atom stereocenters. The lowest BCUT2D eigenvalue weighted by molar-refractivity contribution is -0.0567. The van der Waals surface area contributed by atoms with E-state index < -0.39 is 0 Å². The second-order valence-electron chi connectivity index (χ2n) is 5.61. The summed E-state index contributed by atoms with van der Waals surface area (Å²) in [4.78, 5) is 0. The fourth-order valence-corrected chi connectivity index (χ4v) is 2.86. The lowest BCUT2D eigenvalue weighted by atomic mass is 9.97. The first-order valence-corrected chi connectivity index (χ1v) is 7.61. The fraction of sp³-hybridized carbons (Fsp3) is 0.800. The van der Waals surface area contributed by atoms with E-state index in [1.54, 1.807) is 0 Å². The smallest absolute Gasteiger partial charge is 0.0914 e. The third kappa shape index (κ3) is 3.37. The Bertz CT molecular complexity index is 370. The summed E-state index contributed by atoms with van der Waals surface area (Å²) >= 11 is 0. The summed E-state index contributed by atoms with van der Waals surface area (Å²) in [7, 11) is 0. The number of hydrogen-bond donors (Lipinski definition) is 1. The molecule has 1 aliphatic rings. The Balaban J connectivity index is 1.92. The van der Waals surface area contributed by atoms with Crippen molar-refractivity contribution in [1.29, 1.82) is 0 Å². The van der Waals surface area contributed by atoms with Crippen LogP contribution in [0.4, 0.5) is 0 Å². The summed E-state index contributed by atoms with van der Waals surface area (Å²) in [6.45, 7) is 5.41. The number of ether oxygens (including phenoxy) is 1. The minimum atomic E-state index is -0.183. The lowest BCUT2D eigenvalue weighted by Gasteiger charge is -2.30. The van der Waals surface area contributed by atoms with Gasteiger partial charge in [-0.3, -0.25) is 4.68 Å². The van der Waals surface area contributed by atoms with E-state index in [4.69, 9.17) is 10.5 Å². The van der Waals surface area contributed by atoms with Crippen LogP contribution in [-0.4, -0.2) is 21.9 Å². The van der Waals surface area contributed by atoms with E-state index in [0.717, 1.165) is 18.5 Å². The summed E-state index contributed by atoms with van der Waals surface area (Å²) in [5.41, 5.74) is 6.68. The first-order valence-electron chi connectivity index (χ1n) is 7.61. The zero-order valence-corrected chi connectivity index (χ0v) is 12.3. The highest BCUT2D eigenvalue weighted by Crippen LogP contribution is 2.29. The Morgan fingerprint density at radius 2 is 2.05 bits per heavy atom. The van der Waals surface area contributed by atoms with Crippen LogP contribution in [-0.2, 0) is 11.3 Å². The minimum Gasteiger partial charge on any atom is -0.367 e. The molecule has 0 aromatic carbocycles. The molecule has 1 fully saturated rings. The number of aromatic nitrogens is 2. The molecule has 2 rings (SSSR count). The van der Waals surface area contributed by atoms with Crippen LogP contribution in [0, 0.1) is 0 Å². The summed E-state index contributed by atoms with van der Waals surface area (Å²) in [6.07, 6.45) is 9.18. The molecule has 2 N–H and O–H groups in total. The Morgan fingerprint density at radius 3 is 2.63 bits per heavy atom. The van der Waals surface area contributed by atoms with E-state index in [9.17, 15) is 0 Å². The summed E-state index contributed by atoms with van der Waals surface area (Å²) < 4.78 is 8.16. The largest absolute Gasteiger partial charge is 0.367 e. The standard InChI is InChI=1S/C15H27N3O/c1-3-15(4-2,12-16)19-11-13-9-10-18(17-13)14-7-5-6-8-14/h9-10,14H,3-8,11-12,16H2,1-2H3. The zero-order valence-electron chi connectivity index (χ0n) is 12.3. The van der Waals surface area contributed by atoms with Gasteiger partial charge >= 0.3 is 0 Å². The van der Waals surface area contributed by atoms with E-state index in [2.05, 4.69) is 35.9 Å². The lowest BCUT2D eigenvalue weighted by Crippen LogP contribution is -2.39. The fourth-order valence-electron chi connectivity index (χ4n) is 2.86. The highest BCUT2D eigenvalue weighted by molar-refractivity contribution is 4.99.